The predicted molar refractivity (Wildman–Crippen MR) is 130 cm³/mol. The molecule has 4 N–H and O–H groups in total. The average Bonchev–Trinajstić information content (AvgIpc) is 3.25. The maximum atomic E-state index is 13.2. The van der Waals surface area contributed by atoms with Crippen molar-refractivity contribution in [1.82, 2.24) is 4.90 Å². The lowest BCUT2D eigenvalue weighted by Crippen LogP contribution is -2.50. The third-order valence-electron chi connectivity index (χ3n) is 7.08. The van der Waals surface area contributed by atoms with Gasteiger partial charge in [0.15, 0.2) is 8.32 Å². The number of rotatable bonds is 8. The molecule has 1 aromatic carbocycles. The van der Waals surface area contributed by atoms with E-state index in [9.17, 15) is 24.6 Å². The van der Waals surface area contributed by atoms with E-state index in [2.05, 4.69) is 5.32 Å². The van der Waals surface area contributed by atoms with Gasteiger partial charge in [-0.25, -0.2) is 0 Å². The number of likely N-dealkylation sites (tertiary alicyclic amines) is 1. The van der Waals surface area contributed by atoms with E-state index in [1.54, 1.807) is 30.2 Å². The van der Waals surface area contributed by atoms with Crippen LogP contribution in [0.3, 0.4) is 0 Å². The van der Waals surface area contributed by atoms with Crippen LogP contribution in [0.5, 0.6) is 5.75 Å². The van der Waals surface area contributed by atoms with Crippen LogP contribution in [0, 0.1) is 5.92 Å². The van der Waals surface area contributed by atoms with Crippen molar-refractivity contribution in [3.05, 3.63) is 23.8 Å². The van der Waals surface area contributed by atoms with Crippen molar-refractivity contribution in [2.24, 2.45) is 5.92 Å². The number of ether oxygens (including phenoxy) is 2. The van der Waals surface area contributed by atoms with E-state index in [0.717, 1.165) is 18.4 Å². The number of methoxy groups -OCH3 is 1. The van der Waals surface area contributed by atoms with E-state index in [1.807, 2.05) is 20.0 Å². The monoisotopic (exact) mass is 494 g/mol. The SMILES string of the molecule is CO[C@@H]1c2cc(NC(=O)[C@H](C)O)ccc2O[C@H](C(CC(=O)N2CCC[C@H]2CO)[Si](C)(C)O)[C@H]1C. The van der Waals surface area contributed by atoms with Crippen molar-refractivity contribution < 1.29 is 34.1 Å². The normalized spacial score (nSPS) is 26.4. The molecule has 0 radical (unpaired) electrons. The van der Waals surface area contributed by atoms with Gasteiger partial charge in [-0.1, -0.05) is 6.92 Å². The zero-order chi connectivity index (χ0) is 25.2. The second-order valence-electron chi connectivity index (χ2n) is 10.0. The van der Waals surface area contributed by atoms with E-state index in [0.29, 0.717) is 18.0 Å². The molecule has 34 heavy (non-hydrogen) atoms. The Labute approximate surface area is 202 Å². The largest absolute Gasteiger partial charge is 0.490 e. The number of carbonyl (C=O) groups is 2. The first-order valence-electron chi connectivity index (χ1n) is 11.9. The molecule has 1 unspecified atom stereocenters. The average molecular weight is 495 g/mol. The number of fused-ring (bicyclic) bond motifs is 1. The molecule has 0 spiro atoms. The Morgan fingerprint density at radius 2 is 2.06 bits per heavy atom. The summed E-state index contributed by atoms with van der Waals surface area (Å²) in [6.07, 6.45) is -0.148. The van der Waals surface area contributed by atoms with Crippen LogP contribution in [0.25, 0.3) is 0 Å². The van der Waals surface area contributed by atoms with Gasteiger partial charge < -0.3 is 34.7 Å². The number of benzene rings is 1. The second kappa shape index (κ2) is 10.7. The molecule has 190 valence electrons. The molecule has 9 nitrogen and oxygen atoms in total. The molecule has 3 rings (SSSR count). The number of carbonyl (C=O) groups excluding carboxylic acids is 2. The van der Waals surface area contributed by atoms with E-state index in [1.165, 1.54) is 6.92 Å². The van der Waals surface area contributed by atoms with Crippen molar-refractivity contribution in [2.75, 3.05) is 25.6 Å². The molecule has 1 saturated heterocycles. The van der Waals surface area contributed by atoms with Crippen LogP contribution in [0.4, 0.5) is 5.69 Å². The van der Waals surface area contributed by atoms with Crippen LogP contribution in [0.1, 0.15) is 44.8 Å². The molecular formula is C24H38N2O7Si. The van der Waals surface area contributed by atoms with Crippen molar-refractivity contribution in [1.29, 1.82) is 0 Å². The maximum absolute atomic E-state index is 13.2. The number of nitrogens with one attached hydrogen (secondary N) is 1. The van der Waals surface area contributed by atoms with Gasteiger partial charge in [-0.2, -0.15) is 0 Å². The summed E-state index contributed by atoms with van der Waals surface area (Å²) in [6.45, 7) is 7.58. The standard InChI is InChI=1S/C24H38N2O7Si/c1-14-22(32-3)18-11-16(25-24(30)15(2)28)8-9-19(18)33-23(14)20(34(4,5)31)12-21(29)26-10-6-7-17(26)13-27/h8-9,11,14-15,17,20,22-23,27-28,31H,6-7,10,12-13H2,1-5H3,(H,25,30)/t14-,15-,17-,20?,22-,23-/m0/s1. The maximum Gasteiger partial charge on any atom is 0.252 e. The van der Waals surface area contributed by atoms with Gasteiger partial charge in [0, 0.05) is 42.8 Å². The molecule has 6 atom stereocenters. The highest BCUT2D eigenvalue weighted by Crippen LogP contribution is 2.47. The van der Waals surface area contributed by atoms with Crippen molar-refractivity contribution >= 4 is 25.8 Å². The van der Waals surface area contributed by atoms with Crippen LogP contribution in [-0.2, 0) is 14.3 Å². The minimum Gasteiger partial charge on any atom is -0.490 e. The number of hydrogen-bond acceptors (Lipinski definition) is 7. The third-order valence-corrected chi connectivity index (χ3v) is 9.43. The summed E-state index contributed by atoms with van der Waals surface area (Å²) in [7, 11) is -1.24. The lowest BCUT2D eigenvalue weighted by atomic mass is 9.86. The highest BCUT2D eigenvalue weighted by atomic mass is 28.4. The fourth-order valence-corrected chi connectivity index (χ4v) is 6.98. The molecule has 2 heterocycles. The summed E-state index contributed by atoms with van der Waals surface area (Å²) in [5, 5.41) is 21.8. The third kappa shape index (κ3) is 5.63. The first kappa shape index (κ1) is 26.6. The molecule has 0 aromatic heterocycles. The first-order chi connectivity index (χ1) is 16.0. The highest BCUT2D eigenvalue weighted by Gasteiger charge is 2.48. The van der Waals surface area contributed by atoms with Gasteiger partial charge >= 0.3 is 0 Å². The van der Waals surface area contributed by atoms with Gasteiger partial charge in [0.1, 0.15) is 18.0 Å². The Balaban J connectivity index is 1.88. The summed E-state index contributed by atoms with van der Waals surface area (Å²) < 4.78 is 12.2. The Morgan fingerprint density at radius 1 is 1.35 bits per heavy atom. The Kier molecular flexibility index (Phi) is 8.41. The fourth-order valence-electron chi connectivity index (χ4n) is 5.13. The lowest BCUT2D eigenvalue weighted by molar-refractivity contribution is -0.133. The summed E-state index contributed by atoms with van der Waals surface area (Å²) in [5.74, 6) is -0.173. The van der Waals surface area contributed by atoms with Crippen LogP contribution in [-0.4, -0.2) is 78.6 Å². The van der Waals surface area contributed by atoms with Gasteiger partial charge in [-0.05, 0) is 51.1 Å². The van der Waals surface area contributed by atoms with Crippen molar-refractivity contribution in [3.8, 4) is 5.75 Å². The molecule has 1 aromatic rings. The van der Waals surface area contributed by atoms with E-state index < -0.39 is 26.4 Å². The molecule has 2 amide bonds. The highest BCUT2D eigenvalue weighted by molar-refractivity contribution is 6.71. The van der Waals surface area contributed by atoms with Crippen molar-refractivity contribution in [3.63, 3.8) is 0 Å². The number of anilines is 1. The predicted octanol–water partition coefficient (Wildman–Crippen LogP) is 2.03. The Bertz CT molecular complexity index is 889. The van der Waals surface area contributed by atoms with Crippen molar-refractivity contribution in [2.45, 2.75) is 76.1 Å². The van der Waals surface area contributed by atoms with Crippen LogP contribution < -0.4 is 10.1 Å². The quantitative estimate of drug-likeness (QED) is 0.407. The summed E-state index contributed by atoms with van der Waals surface area (Å²) >= 11 is 0. The van der Waals surface area contributed by atoms with Gasteiger partial charge in [0.2, 0.25) is 5.91 Å². The van der Waals surface area contributed by atoms with Gasteiger partial charge in [-0.15, -0.1) is 0 Å². The first-order valence-corrected chi connectivity index (χ1v) is 14.9. The molecule has 0 bridgehead atoms. The topological polar surface area (TPSA) is 129 Å². The molecule has 0 aliphatic carbocycles. The number of hydrogen-bond donors (Lipinski definition) is 4. The summed E-state index contributed by atoms with van der Waals surface area (Å²) in [6, 6.07) is 5.04. The number of amides is 2. The van der Waals surface area contributed by atoms with Gasteiger partial charge in [0.25, 0.3) is 5.91 Å². The Hall–Kier alpha value is -1.98. The summed E-state index contributed by atoms with van der Waals surface area (Å²) in [4.78, 5) is 38.0. The minimum atomic E-state index is -2.85. The second-order valence-corrected chi connectivity index (χ2v) is 14.1. The molecule has 0 saturated carbocycles. The van der Waals surface area contributed by atoms with E-state index in [-0.39, 0.29) is 42.5 Å². The van der Waals surface area contributed by atoms with E-state index >= 15 is 0 Å². The number of aliphatic hydroxyl groups excluding tert-OH is 2. The lowest BCUT2D eigenvalue weighted by Gasteiger charge is -2.44. The Morgan fingerprint density at radius 3 is 2.65 bits per heavy atom. The molecule has 10 heteroatoms. The van der Waals surface area contributed by atoms with Crippen LogP contribution in [0.15, 0.2) is 18.2 Å². The number of aliphatic hydroxyl groups is 2. The molecule has 2 aliphatic rings. The zero-order valence-corrected chi connectivity index (χ0v) is 21.7. The molecule has 1 fully saturated rings. The minimum absolute atomic E-state index is 0.0558. The summed E-state index contributed by atoms with van der Waals surface area (Å²) in [5.41, 5.74) is 0.904. The van der Waals surface area contributed by atoms with Crippen LogP contribution in [0.2, 0.25) is 18.6 Å². The van der Waals surface area contributed by atoms with Gasteiger partial charge in [-0.3, -0.25) is 9.59 Å². The van der Waals surface area contributed by atoms with Crippen LogP contribution >= 0.6 is 0 Å². The smallest absolute Gasteiger partial charge is 0.252 e. The molecular weight excluding hydrogens is 456 g/mol. The zero-order valence-electron chi connectivity index (χ0n) is 20.7. The fraction of sp³-hybridized carbons (Fsp3) is 0.667. The molecule has 2 aliphatic heterocycles. The number of nitrogens with zero attached hydrogens (tertiary/aromatic N) is 1. The van der Waals surface area contributed by atoms with Gasteiger partial charge in [0.05, 0.1) is 18.8 Å². The van der Waals surface area contributed by atoms with E-state index in [4.69, 9.17) is 9.47 Å².